The van der Waals surface area contributed by atoms with Crippen LogP contribution in [-0.4, -0.2) is 21.2 Å². The molecule has 0 aliphatic rings. The molecule has 0 spiro atoms. The predicted molar refractivity (Wildman–Crippen MR) is 118 cm³/mol. The minimum Gasteiger partial charge on any atom is -0.494 e. The van der Waals surface area contributed by atoms with E-state index in [4.69, 9.17) is 16.3 Å². The molecule has 0 fully saturated rings. The predicted octanol–water partition coefficient (Wildman–Crippen LogP) is 4.59. The number of unbranched alkanes of at least 4 members (excludes halogenated alkanes) is 2. The normalized spacial score (nSPS) is 12.0. The maximum Gasteiger partial charge on any atom is 0.291 e. The van der Waals surface area contributed by atoms with Crippen LogP contribution in [0, 0.1) is 0 Å². The minimum atomic E-state index is -0.181. The molecule has 0 bridgehead atoms. The first-order chi connectivity index (χ1) is 14.1. The van der Waals surface area contributed by atoms with Gasteiger partial charge in [-0.05, 0) is 54.5 Å². The van der Waals surface area contributed by atoms with Crippen LogP contribution in [0.2, 0.25) is 5.02 Å². The lowest BCUT2D eigenvalue weighted by Gasteiger charge is -2.05. The highest BCUT2D eigenvalue weighted by molar-refractivity contribution is 7.15. The molecule has 0 radical (unpaired) electrons. The van der Waals surface area contributed by atoms with Gasteiger partial charge in [0.05, 0.1) is 11.1 Å². The Morgan fingerprint density at radius 1 is 1.17 bits per heavy atom. The summed E-state index contributed by atoms with van der Waals surface area (Å²) in [7, 11) is 0. The fourth-order valence-electron chi connectivity index (χ4n) is 2.95. The number of halogens is 1. The third-order valence-electron chi connectivity index (χ3n) is 4.46. The molecule has 0 aliphatic carbocycles. The SMILES string of the molecule is CCCCCOc1ccc(-c2nc3sc(=Cc4cccc(Cl)c4)c(=O)n3n2)cc1. The Kier molecular flexibility index (Phi) is 5.92. The smallest absolute Gasteiger partial charge is 0.291 e. The van der Waals surface area contributed by atoms with Crippen LogP contribution in [0.1, 0.15) is 31.7 Å². The number of hydrogen-bond donors (Lipinski definition) is 0. The number of benzene rings is 2. The van der Waals surface area contributed by atoms with Gasteiger partial charge >= 0.3 is 0 Å². The van der Waals surface area contributed by atoms with Gasteiger partial charge in [0.25, 0.3) is 5.56 Å². The molecule has 0 amide bonds. The van der Waals surface area contributed by atoms with Crippen molar-refractivity contribution in [2.75, 3.05) is 6.61 Å². The first kappa shape index (κ1) is 19.6. The van der Waals surface area contributed by atoms with Crippen LogP contribution < -0.4 is 14.8 Å². The van der Waals surface area contributed by atoms with E-state index in [9.17, 15) is 4.79 Å². The Morgan fingerprint density at radius 3 is 2.72 bits per heavy atom. The first-order valence-corrected chi connectivity index (χ1v) is 10.7. The van der Waals surface area contributed by atoms with Gasteiger partial charge in [0, 0.05) is 10.6 Å². The van der Waals surface area contributed by atoms with Gasteiger partial charge in [-0.2, -0.15) is 9.50 Å². The van der Waals surface area contributed by atoms with Crippen molar-refractivity contribution in [3.63, 3.8) is 0 Å². The standard InChI is InChI=1S/C22H20ClN3O2S/c1-2-3-4-12-28-18-10-8-16(9-11-18)20-24-22-26(25-20)21(27)19(29-22)14-15-6-5-7-17(23)13-15/h5-11,13-14H,2-4,12H2,1H3. The van der Waals surface area contributed by atoms with E-state index in [1.165, 1.54) is 28.7 Å². The molecule has 0 saturated carbocycles. The van der Waals surface area contributed by atoms with Crippen LogP contribution in [0.25, 0.3) is 22.4 Å². The van der Waals surface area contributed by atoms with Gasteiger partial charge in [0.15, 0.2) is 5.82 Å². The molecule has 0 unspecified atom stereocenters. The number of fused-ring (bicyclic) bond motifs is 1. The summed E-state index contributed by atoms with van der Waals surface area (Å²) >= 11 is 7.33. The third kappa shape index (κ3) is 4.49. The second-order valence-electron chi connectivity index (χ2n) is 6.68. The molecule has 0 atom stereocenters. The molecule has 7 heteroatoms. The van der Waals surface area contributed by atoms with Gasteiger partial charge in [0.1, 0.15) is 5.75 Å². The fraction of sp³-hybridized carbons (Fsp3) is 0.227. The van der Waals surface area contributed by atoms with Crippen molar-refractivity contribution >= 4 is 34.0 Å². The van der Waals surface area contributed by atoms with Crippen molar-refractivity contribution in [3.05, 3.63) is 74.0 Å². The van der Waals surface area contributed by atoms with Crippen molar-refractivity contribution in [2.45, 2.75) is 26.2 Å². The highest BCUT2D eigenvalue weighted by Crippen LogP contribution is 2.21. The largest absolute Gasteiger partial charge is 0.494 e. The molecule has 0 saturated heterocycles. The van der Waals surface area contributed by atoms with Crippen molar-refractivity contribution in [3.8, 4) is 17.1 Å². The van der Waals surface area contributed by atoms with E-state index in [1.54, 1.807) is 12.1 Å². The molecule has 4 aromatic rings. The van der Waals surface area contributed by atoms with Gasteiger partial charge in [-0.15, -0.1) is 5.10 Å². The molecule has 5 nitrogen and oxygen atoms in total. The topological polar surface area (TPSA) is 56.5 Å². The second-order valence-corrected chi connectivity index (χ2v) is 8.13. The minimum absolute atomic E-state index is 0.181. The Labute approximate surface area is 177 Å². The summed E-state index contributed by atoms with van der Waals surface area (Å²) in [6.45, 7) is 2.89. The van der Waals surface area contributed by atoms with Crippen LogP contribution in [0.3, 0.4) is 0 Å². The molecule has 0 aliphatic heterocycles. The highest BCUT2D eigenvalue weighted by atomic mass is 35.5. The number of ether oxygens (including phenoxy) is 1. The molecular formula is C22H20ClN3O2S. The molecule has 2 heterocycles. The Hall–Kier alpha value is -2.70. The van der Waals surface area contributed by atoms with Gasteiger partial charge < -0.3 is 4.74 Å². The summed E-state index contributed by atoms with van der Waals surface area (Å²) in [5, 5.41) is 5.03. The second kappa shape index (κ2) is 8.76. The van der Waals surface area contributed by atoms with Crippen molar-refractivity contribution < 1.29 is 4.74 Å². The van der Waals surface area contributed by atoms with Gasteiger partial charge in [-0.3, -0.25) is 4.79 Å². The Bertz CT molecular complexity index is 1230. The number of hydrogen-bond acceptors (Lipinski definition) is 5. The first-order valence-electron chi connectivity index (χ1n) is 9.54. The number of aromatic nitrogens is 3. The van der Waals surface area contributed by atoms with E-state index in [-0.39, 0.29) is 5.56 Å². The molecule has 4 rings (SSSR count). The van der Waals surface area contributed by atoms with Crippen molar-refractivity contribution in [2.24, 2.45) is 0 Å². The summed E-state index contributed by atoms with van der Waals surface area (Å²) < 4.78 is 7.66. The summed E-state index contributed by atoms with van der Waals surface area (Å²) in [6, 6.07) is 15.0. The average Bonchev–Trinajstić information content (AvgIpc) is 3.26. The molecule has 29 heavy (non-hydrogen) atoms. The van der Waals surface area contributed by atoms with Crippen molar-refractivity contribution in [1.29, 1.82) is 0 Å². The highest BCUT2D eigenvalue weighted by Gasteiger charge is 2.12. The van der Waals surface area contributed by atoms with Crippen LogP contribution in [0.5, 0.6) is 5.75 Å². The molecular weight excluding hydrogens is 406 g/mol. The lowest BCUT2D eigenvalue weighted by atomic mass is 10.2. The maximum atomic E-state index is 12.7. The van der Waals surface area contributed by atoms with Crippen LogP contribution in [0.15, 0.2) is 53.3 Å². The number of thiazole rings is 1. The van der Waals surface area contributed by atoms with Gasteiger partial charge in [-0.1, -0.05) is 54.8 Å². The van der Waals surface area contributed by atoms with Crippen LogP contribution in [-0.2, 0) is 0 Å². The Morgan fingerprint density at radius 2 is 2.00 bits per heavy atom. The quantitative estimate of drug-likeness (QED) is 0.406. The zero-order valence-electron chi connectivity index (χ0n) is 16.0. The van der Waals surface area contributed by atoms with E-state index in [0.717, 1.165) is 29.9 Å². The van der Waals surface area contributed by atoms with Crippen molar-refractivity contribution in [1.82, 2.24) is 14.6 Å². The molecule has 2 aromatic carbocycles. The van der Waals surface area contributed by atoms with E-state index < -0.39 is 0 Å². The monoisotopic (exact) mass is 425 g/mol. The molecule has 2 aromatic heterocycles. The summed E-state index contributed by atoms with van der Waals surface area (Å²) in [5.74, 6) is 1.36. The van der Waals surface area contributed by atoms with E-state index in [2.05, 4.69) is 17.0 Å². The van der Waals surface area contributed by atoms with Gasteiger partial charge in [-0.25, -0.2) is 0 Å². The fourth-order valence-corrected chi connectivity index (χ4v) is 4.05. The summed E-state index contributed by atoms with van der Waals surface area (Å²) in [5.41, 5.74) is 1.54. The van der Waals surface area contributed by atoms with E-state index >= 15 is 0 Å². The molecule has 148 valence electrons. The Balaban J connectivity index is 1.56. The van der Waals surface area contributed by atoms with Crippen LogP contribution >= 0.6 is 22.9 Å². The van der Waals surface area contributed by atoms with Crippen LogP contribution in [0.4, 0.5) is 0 Å². The summed E-state index contributed by atoms with van der Waals surface area (Å²) in [6.07, 6.45) is 5.20. The number of rotatable bonds is 7. The summed E-state index contributed by atoms with van der Waals surface area (Å²) in [4.78, 5) is 17.8. The average molecular weight is 426 g/mol. The lowest BCUT2D eigenvalue weighted by molar-refractivity contribution is 0.306. The number of nitrogens with zero attached hydrogens (tertiary/aromatic N) is 3. The lowest BCUT2D eigenvalue weighted by Crippen LogP contribution is -2.23. The van der Waals surface area contributed by atoms with E-state index in [0.29, 0.717) is 20.3 Å². The van der Waals surface area contributed by atoms with E-state index in [1.807, 2.05) is 42.5 Å². The zero-order valence-corrected chi connectivity index (χ0v) is 17.5. The van der Waals surface area contributed by atoms with Gasteiger partial charge in [0.2, 0.25) is 4.96 Å². The molecule has 0 N–H and O–H groups in total. The maximum absolute atomic E-state index is 12.7. The zero-order chi connectivity index (χ0) is 20.2. The third-order valence-corrected chi connectivity index (χ3v) is 5.65.